The van der Waals surface area contributed by atoms with E-state index in [9.17, 15) is 9.59 Å². The molecule has 3 aromatic rings. The summed E-state index contributed by atoms with van der Waals surface area (Å²) in [7, 11) is 0. The molecular formula is C23H25N3O6. The van der Waals surface area contributed by atoms with Gasteiger partial charge in [0, 0.05) is 5.56 Å². The van der Waals surface area contributed by atoms with E-state index in [4.69, 9.17) is 18.7 Å². The van der Waals surface area contributed by atoms with E-state index in [1.54, 1.807) is 42.5 Å². The van der Waals surface area contributed by atoms with Crippen molar-refractivity contribution in [1.29, 1.82) is 0 Å². The van der Waals surface area contributed by atoms with Crippen molar-refractivity contribution in [3.05, 3.63) is 71.1 Å². The van der Waals surface area contributed by atoms with Crippen molar-refractivity contribution in [1.82, 2.24) is 16.0 Å². The van der Waals surface area contributed by atoms with Crippen molar-refractivity contribution >= 4 is 11.8 Å². The molecular weight excluding hydrogens is 414 g/mol. The van der Waals surface area contributed by atoms with Crippen LogP contribution in [0.3, 0.4) is 0 Å². The van der Waals surface area contributed by atoms with Crippen molar-refractivity contribution in [2.24, 2.45) is 0 Å². The molecule has 0 aliphatic rings. The molecule has 0 fully saturated rings. The number of aromatic nitrogens is 1. The summed E-state index contributed by atoms with van der Waals surface area (Å²) in [5, 5.41) is 3.89. The second-order valence-corrected chi connectivity index (χ2v) is 6.79. The lowest BCUT2D eigenvalue weighted by Gasteiger charge is -2.12. The third-order valence-corrected chi connectivity index (χ3v) is 4.50. The van der Waals surface area contributed by atoms with E-state index in [1.807, 2.05) is 26.8 Å². The van der Waals surface area contributed by atoms with Gasteiger partial charge < -0.3 is 18.7 Å². The van der Waals surface area contributed by atoms with Crippen LogP contribution in [0.2, 0.25) is 0 Å². The fraction of sp³-hybridized carbons (Fsp3) is 0.261. The maximum absolute atomic E-state index is 12.3. The van der Waals surface area contributed by atoms with Gasteiger partial charge in [-0.15, -0.1) is 0 Å². The fourth-order valence-electron chi connectivity index (χ4n) is 2.79. The van der Waals surface area contributed by atoms with Crippen LogP contribution in [-0.4, -0.2) is 30.2 Å². The quantitative estimate of drug-likeness (QED) is 0.493. The number of rotatable bonds is 9. The maximum Gasteiger partial charge on any atom is 0.276 e. The Kier molecular flexibility index (Phi) is 7.69. The van der Waals surface area contributed by atoms with Crippen LogP contribution < -0.4 is 25.1 Å². The van der Waals surface area contributed by atoms with Crippen LogP contribution in [-0.2, 0) is 11.4 Å². The first kappa shape index (κ1) is 22.7. The lowest BCUT2D eigenvalue weighted by Crippen LogP contribution is -2.43. The molecule has 168 valence electrons. The summed E-state index contributed by atoms with van der Waals surface area (Å²) in [5.74, 6) is 1.31. The average molecular weight is 439 g/mol. The van der Waals surface area contributed by atoms with Gasteiger partial charge in [-0.2, -0.15) is 0 Å². The smallest absolute Gasteiger partial charge is 0.276 e. The molecule has 0 atom stereocenters. The Balaban J connectivity index is 1.45. The molecule has 0 spiro atoms. The molecule has 2 N–H and O–H groups in total. The summed E-state index contributed by atoms with van der Waals surface area (Å²) >= 11 is 0. The van der Waals surface area contributed by atoms with E-state index in [2.05, 4.69) is 16.0 Å². The first-order valence-corrected chi connectivity index (χ1v) is 10.1. The zero-order valence-electron chi connectivity index (χ0n) is 18.1. The van der Waals surface area contributed by atoms with Crippen LogP contribution in [0.4, 0.5) is 0 Å². The van der Waals surface area contributed by atoms with Crippen LogP contribution in [0.1, 0.15) is 34.3 Å². The molecule has 2 aromatic carbocycles. The zero-order chi connectivity index (χ0) is 22.9. The van der Waals surface area contributed by atoms with Gasteiger partial charge in [0.05, 0.1) is 17.9 Å². The number of para-hydroxylation sites is 2. The molecule has 0 bridgehead atoms. The molecule has 0 unspecified atom stereocenters. The highest BCUT2D eigenvalue weighted by atomic mass is 16.5. The van der Waals surface area contributed by atoms with Crippen LogP contribution in [0.15, 0.2) is 53.1 Å². The van der Waals surface area contributed by atoms with Gasteiger partial charge in [-0.1, -0.05) is 17.3 Å². The molecule has 1 heterocycles. The Bertz CT molecular complexity index is 1040. The third kappa shape index (κ3) is 6.00. The highest BCUT2D eigenvalue weighted by Crippen LogP contribution is 2.26. The molecule has 3 rings (SSSR count). The van der Waals surface area contributed by atoms with Gasteiger partial charge in [0.1, 0.15) is 18.1 Å². The first-order chi connectivity index (χ1) is 15.5. The standard InChI is InChI=1S/C23H25N3O6/c1-4-29-20-7-5-6-8-21(20)31-14-22(27)24-25-23(28)17-9-11-18(12-10-17)30-13-19-15(2)26-32-16(19)3/h5-12H,4,13-14H2,1-3H3,(H,24,27)(H,25,28). The van der Waals surface area contributed by atoms with Crippen molar-refractivity contribution in [3.63, 3.8) is 0 Å². The van der Waals surface area contributed by atoms with E-state index >= 15 is 0 Å². The van der Waals surface area contributed by atoms with Gasteiger partial charge in [-0.05, 0) is 57.2 Å². The number of hydrazine groups is 1. The topological polar surface area (TPSA) is 112 Å². The Morgan fingerprint density at radius 1 is 0.938 bits per heavy atom. The molecule has 0 radical (unpaired) electrons. The number of benzene rings is 2. The predicted octanol–water partition coefficient (Wildman–Crippen LogP) is 3.11. The lowest BCUT2D eigenvalue weighted by atomic mass is 10.2. The minimum absolute atomic E-state index is 0.279. The zero-order valence-corrected chi connectivity index (χ0v) is 18.1. The molecule has 0 saturated heterocycles. The number of carbonyl (C=O) groups is 2. The van der Waals surface area contributed by atoms with Gasteiger partial charge in [0.2, 0.25) is 0 Å². The summed E-state index contributed by atoms with van der Waals surface area (Å²) in [5.41, 5.74) is 6.70. The summed E-state index contributed by atoms with van der Waals surface area (Å²) in [6.45, 7) is 6.04. The number of ether oxygens (including phenoxy) is 3. The Morgan fingerprint density at radius 3 is 2.25 bits per heavy atom. The Hall–Kier alpha value is -4.01. The van der Waals surface area contributed by atoms with Gasteiger partial charge in [0.25, 0.3) is 11.8 Å². The number of aryl methyl sites for hydroxylation is 2. The van der Waals surface area contributed by atoms with Gasteiger partial charge in [-0.25, -0.2) is 0 Å². The summed E-state index contributed by atoms with van der Waals surface area (Å²) in [6, 6.07) is 13.6. The maximum atomic E-state index is 12.3. The molecule has 2 amide bonds. The molecule has 0 saturated carbocycles. The van der Waals surface area contributed by atoms with Crippen LogP contribution >= 0.6 is 0 Å². The number of hydrogen-bond acceptors (Lipinski definition) is 7. The van der Waals surface area contributed by atoms with E-state index in [0.29, 0.717) is 41.8 Å². The van der Waals surface area contributed by atoms with Crippen molar-refractivity contribution in [2.45, 2.75) is 27.4 Å². The Morgan fingerprint density at radius 2 is 1.62 bits per heavy atom. The normalized spacial score (nSPS) is 10.3. The molecule has 9 nitrogen and oxygen atoms in total. The molecule has 0 aliphatic carbocycles. The highest BCUT2D eigenvalue weighted by Gasteiger charge is 2.12. The van der Waals surface area contributed by atoms with E-state index < -0.39 is 11.8 Å². The fourth-order valence-corrected chi connectivity index (χ4v) is 2.79. The van der Waals surface area contributed by atoms with E-state index in [0.717, 1.165) is 11.3 Å². The third-order valence-electron chi connectivity index (χ3n) is 4.50. The van der Waals surface area contributed by atoms with Gasteiger partial charge >= 0.3 is 0 Å². The number of nitrogens with one attached hydrogen (secondary N) is 2. The van der Waals surface area contributed by atoms with Gasteiger partial charge in [-0.3, -0.25) is 20.4 Å². The predicted molar refractivity (Wildman–Crippen MR) is 115 cm³/mol. The van der Waals surface area contributed by atoms with Crippen LogP contribution in [0, 0.1) is 13.8 Å². The van der Waals surface area contributed by atoms with Crippen molar-refractivity contribution in [3.8, 4) is 17.2 Å². The minimum atomic E-state index is -0.510. The van der Waals surface area contributed by atoms with Crippen molar-refractivity contribution < 1.29 is 28.3 Å². The first-order valence-electron chi connectivity index (χ1n) is 10.1. The summed E-state index contributed by atoms with van der Waals surface area (Å²) in [6.07, 6.45) is 0. The average Bonchev–Trinajstić information content (AvgIpc) is 3.13. The largest absolute Gasteiger partial charge is 0.490 e. The lowest BCUT2D eigenvalue weighted by molar-refractivity contribution is -0.123. The summed E-state index contributed by atoms with van der Waals surface area (Å²) < 4.78 is 21.7. The number of carbonyl (C=O) groups excluding carboxylic acids is 2. The molecule has 1 aromatic heterocycles. The molecule has 32 heavy (non-hydrogen) atoms. The van der Waals surface area contributed by atoms with E-state index in [-0.39, 0.29) is 6.61 Å². The van der Waals surface area contributed by atoms with Crippen molar-refractivity contribution in [2.75, 3.05) is 13.2 Å². The monoisotopic (exact) mass is 439 g/mol. The van der Waals surface area contributed by atoms with Crippen LogP contribution in [0.25, 0.3) is 0 Å². The second kappa shape index (κ2) is 10.9. The molecule has 0 aliphatic heterocycles. The number of hydrogen-bond donors (Lipinski definition) is 2. The highest BCUT2D eigenvalue weighted by molar-refractivity contribution is 5.95. The second-order valence-electron chi connectivity index (χ2n) is 6.79. The van der Waals surface area contributed by atoms with Crippen LogP contribution in [0.5, 0.6) is 17.2 Å². The number of amides is 2. The summed E-state index contributed by atoms with van der Waals surface area (Å²) in [4.78, 5) is 24.3. The number of nitrogens with zero attached hydrogens (tertiary/aromatic N) is 1. The van der Waals surface area contributed by atoms with Gasteiger partial charge in [0.15, 0.2) is 18.1 Å². The van der Waals surface area contributed by atoms with E-state index in [1.165, 1.54) is 0 Å². The minimum Gasteiger partial charge on any atom is -0.490 e. The molecule has 9 heteroatoms. The SMILES string of the molecule is CCOc1ccccc1OCC(=O)NNC(=O)c1ccc(OCc2c(C)noc2C)cc1. The Labute approximate surface area is 185 Å².